The maximum absolute atomic E-state index is 10.5. The van der Waals surface area contributed by atoms with Crippen molar-refractivity contribution >= 4 is 71.6 Å². The Hall–Kier alpha value is -13.3. The molecule has 0 aliphatic heterocycles. The first-order chi connectivity index (χ1) is 62.9. The van der Waals surface area contributed by atoms with Gasteiger partial charge in [-0.3, -0.25) is 33.6 Å². The van der Waals surface area contributed by atoms with Gasteiger partial charge in [0.25, 0.3) is 11.9 Å². The Balaban J connectivity index is -0.000000155. The van der Waals surface area contributed by atoms with E-state index < -0.39 is 102 Å². The molecule has 0 amide bonds. The van der Waals surface area contributed by atoms with Crippen molar-refractivity contribution in [2.24, 2.45) is 0 Å². The number of hydrogen-bond acceptors (Lipinski definition) is 27. The van der Waals surface area contributed by atoms with Crippen LogP contribution in [0.4, 0.5) is 0 Å². The predicted octanol–water partition coefficient (Wildman–Crippen LogP) is 16.7. The van der Waals surface area contributed by atoms with Gasteiger partial charge in [0.1, 0.15) is 96.6 Å². The van der Waals surface area contributed by atoms with Crippen LogP contribution in [0.1, 0.15) is 176 Å². The van der Waals surface area contributed by atoms with Gasteiger partial charge in [0.15, 0.2) is 0 Å². The fourth-order valence-corrected chi connectivity index (χ4v) is 7.58. The Morgan fingerprint density at radius 2 is 0.356 bits per heavy atom. The van der Waals surface area contributed by atoms with E-state index in [9.17, 15) is 47.9 Å². The molecule has 0 heterocycles. The number of ether oxygens (including phenoxy) is 10. The van der Waals surface area contributed by atoms with Gasteiger partial charge in [0, 0.05) is 78.8 Å². The number of hydrogen-bond donors (Lipinski definition) is 7. The summed E-state index contributed by atoms with van der Waals surface area (Å²) in [6.07, 6.45) is 3.05. The van der Waals surface area contributed by atoms with E-state index in [1.807, 2.05) is 83.1 Å². The van der Waals surface area contributed by atoms with Crippen molar-refractivity contribution < 1.29 is 141 Å². The van der Waals surface area contributed by atoms with Crippen molar-refractivity contribution in [1.82, 2.24) is 0 Å². The number of aryl methyl sites for hydroxylation is 2. The standard InChI is InChI=1S/3C13H12.5C8H12O5.C8H10.2C2H4O2.6C2H6/c3*1-3-7-12(8-4-1)11-13-9-5-2-6-10-13;5*1-3-8(11)13-5-7(10)4-12-6(2)9;1-7-4-3-5-8(2)6-7;2*1-2(3)4;6*1-2/h3*1-10H,11H2;5*3,7,10H,1,4-5H2,2H3;3-6H,1-2H3;2*1H3,(H,3,4);6*1-2H3. The van der Waals surface area contributed by atoms with Gasteiger partial charge in [0.2, 0.25) is 0 Å². The molecule has 5 unspecified atom stereocenters. The van der Waals surface area contributed by atoms with E-state index in [1.165, 1.54) is 79.1 Å². The largest absolute Gasteiger partial charge is 0.481 e. The lowest BCUT2D eigenvalue weighted by atomic mass is 10.1. The molecule has 0 aromatic heterocycles. The lowest BCUT2D eigenvalue weighted by Crippen LogP contribution is -2.24. The molecule has 0 saturated carbocycles. The average Bonchev–Trinajstić information content (AvgIpc) is 0.941. The second-order valence-electron chi connectivity index (χ2n) is 24.1. The number of carboxylic acid groups (broad SMARTS) is 2. The molecule has 132 heavy (non-hydrogen) atoms. The lowest BCUT2D eigenvalue weighted by Gasteiger charge is -2.09. The van der Waals surface area contributed by atoms with Crippen LogP contribution in [0.15, 0.2) is 270 Å². The van der Waals surface area contributed by atoms with Crippen LogP contribution in [0, 0.1) is 13.8 Å². The van der Waals surface area contributed by atoms with Crippen LogP contribution < -0.4 is 0 Å². The van der Waals surface area contributed by atoms with E-state index in [4.69, 9.17) is 45.3 Å². The van der Waals surface area contributed by atoms with E-state index in [0.717, 1.165) is 63.5 Å². The quantitative estimate of drug-likeness (QED) is 0.0121. The molecule has 0 spiro atoms. The molecule has 0 saturated heterocycles. The Bertz CT molecular complexity index is 3420. The number of esters is 10. The highest BCUT2D eigenvalue weighted by Gasteiger charge is 2.13. The molecule has 736 valence electrons. The second-order valence-corrected chi connectivity index (χ2v) is 24.1. The van der Waals surface area contributed by atoms with Gasteiger partial charge >= 0.3 is 59.7 Å². The average molecular weight is 1850 g/mol. The van der Waals surface area contributed by atoms with Crippen molar-refractivity contribution in [2.75, 3.05) is 66.1 Å². The topological polar surface area (TPSA) is 439 Å². The molecule has 0 aliphatic rings. The SMILES string of the molecule is C=CC(=O)OCC(O)COC(C)=O.C=CC(=O)OCC(O)COC(C)=O.C=CC(=O)OCC(O)COC(C)=O.C=CC(=O)OCC(O)COC(C)=O.C=CC(=O)OCC(O)COC(C)=O.CC.CC.CC.CC.CC.CC.CC(=O)O.CC(=O)O.Cc1cccc(C)c1.c1ccc(Cc2ccccc2)cc1.c1ccc(Cc2ccccc2)cc1.c1ccc(Cc2ccccc2)cc1. The van der Waals surface area contributed by atoms with Crippen LogP contribution >= 0.6 is 0 Å². The van der Waals surface area contributed by atoms with Crippen molar-refractivity contribution in [3.8, 4) is 0 Å². The Kier molecular flexibility index (Phi) is 110. The number of aliphatic carboxylic acids is 2. The van der Waals surface area contributed by atoms with Crippen LogP contribution in [0.25, 0.3) is 0 Å². The maximum Gasteiger partial charge on any atom is 0.330 e. The van der Waals surface area contributed by atoms with Crippen LogP contribution in [-0.2, 0) is 124 Å². The summed E-state index contributed by atoms with van der Waals surface area (Å²) < 4.78 is 44.8. The van der Waals surface area contributed by atoms with Gasteiger partial charge in [-0.25, -0.2) is 24.0 Å². The molecular formula is C103H150O29. The molecule has 0 fully saturated rings. The monoisotopic (exact) mass is 1850 g/mol. The highest BCUT2D eigenvalue weighted by atomic mass is 16.6. The summed E-state index contributed by atoms with van der Waals surface area (Å²) in [5.74, 6) is -7.24. The van der Waals surface area contributed by atoms with Crippen molar-refractivity contribution in [1.29, 1.82) is 0 Å². The van der Waals surface area contributed by atoms with Gasteiger partial charge in [0.05, 0.1) is 0 Å². The van der Waals surface area contributed by atoms with Crippen LogP contribution in [0.5, 0.6) is 0 Å². The number of aliphatic hydroxyl groups excluding tert-OH is 5. The smallest absolute Gasteiger partial charge is 0.330 e. The van der Waals surface area contributed by atoms with Crippen molar-refractivity contribution in [3.63, 3.8) is 0 Å². The summed E-state index contributed by atoms with van der Waals surface area (Å²) in [5, 5.41) is 60.1. The Morgan fingerprint density at radius 3 is 0.455 bits per heavy atom. The van der Waals surface area contributed by atoms with E-state index in [2.05, 4.69) is 300 Å². The molecule has 7 aromatic carbocycles. The molecule has 7 aromatic rings. The van der Waals surface area contributed by atoms with Crippen LogP contribution in [0.3, 0.4) is 0 Å². The van der Waals surface area contributed by atoms with Gasteiger partial charge in [-0.15, -0.1) is 0 Å². The number of carbonyl (C=O) groups is 12. The van der Waals surface area contributed by atoms with Gasteiger partial charge in [-0.05, 0) is 66.5 Å². The number of rotatable bonds is 31. The highest BCUT2D eigenvalue weighted by Crippen LogP contribution is 2.11. The highest BCUT2D eigenvalue weighted by molar-refractivity contribution is 5.82. The first-order valence-corrected chi connectivity index (χ1v) is 42.6. The Labute approximate surface area is 783 Å². The van der Waals surface area contributed by atoms with Crippen molar-refractivity contribution in [3.05, 3.63) is 314 Å². The molecule has 7 rings (SSSR count). The zero-order chi connectivity index (χ0) is 103. The number of carbonyl (C=O) groups excluding carboxylic acids is 10. The Morgan fingerprint density at radius 1 is 0.235 bits per heavy atom. The fourth-order valence-electron chi connectivity index (χ4n) is 7.58. The zero-order valence-corrected chi connectivity index (χ0v) is 81.2. The normalized spacial score (nSPS) is 9.80. The van der Waals surface area contributed by atoms with Gasteiger partial charge in [-0.2, -0.15) is 0 Å². The first-order valence-electron chi connectivity index (χ1n) is 42.6. The van der Waals surface area contributed by atoms with Crippen LogP contribution in [-0.4, -0.2) is 204 Å². The summed E-state index contributed by atoms with van der Waals surface area (Å²) in [6.45, 7) is 50.4. The summed E-state index contributed by atoms with van der Waals surface area (Å²) in [6, 6.07) is 71.6. The molecule has 7 N–H and O–H groups in total. The number of aliphatic hydroxyl groups is 5. The molecule has 0 aliphatic carbocycles. The van der Waals surface area contributed by atoms with E-state index in [0.29, 0.717) is 0 Å². The van der Waals surface area contributed by atoms with Crippen LogP contribution in [0.2, 0.25) is 0 Å². The van der Waals surface area contributed by atoms with Crippen molar-refractivity contribution in [2.45, 2.75) is 195 Å². The van der Waals surface area contributed by atoms with Gasteiger partial charge in [-0.1, -0.05) is 333 Å². The number of carboxylic acids is 2. The summed E-state index contributed by atoms with van der Waals surface area (Å²) in [7, 11) is 0. The zero-order valence-electron chi connectivity index (χ0n) is 81.2. The molecular weight excluding hydrogens is 1700 g/mol. The molecule has 5 atom stereocenters. The summed E-state index contributed by atoms with van der Waals surface area (Å²) in [4.78, 5) is 122. The number of benzene rings is 7. The van der Waals surface area contributed by atoms with E-state index in [1.54, 1.807) is 0 Å². The molecule has 29 nitrogen and oxygen atoms in total. The third-order valence-electron chi connectivity index (χ3n) is 12.8. The maximum atomic E-state index is 10.5. The minimum absolute atomic E-state index is 0.181. The predicted molar refractivity (Wildman–Crippen MR) is 517 cm³/mol. The minimum Gasteiger partial charge on any atom is -0.481 e. The van der Waals surface area contributed by atoms with E-state index >= 15 is 0 Å². The first kappa shape index (κ1) is 139. The third kappa shape index (κ3) is 115. The fraction of sp³-hybridized carbons (Fsp3) is 0.379. The summed E-state index contributed by atoms with van der Waals surface area (Å²) >= 11 is 0. The summed E-state index contributed by atoms with van der Waals surface area (Å²) in [5.41, 5.74) is 10.9. The second kappa shape index (κ2) is 105. The third-order valence-corrected chi connectivity index (χ3v) is 12.8. The molecule has 0 radical (unpaired) electrons. The van der Waals surface area contributed by atoms with E-state index in [-0.39, 0.29) is 66.1 Å². The van der Waals surface area contributed by atoms with Gasteiger partial charge < -0.3 is 83.1 Å². The lowest BCUT2D eigenvalue weighted by molar-refractivity contribution is -0.149. The molecule has 29 heteroatoms. The molecule has 0 bridgehead atoms. The minimum atomic E-state index is -0.993.